The molecule has 8 nitrogen and oxygen atoms in total. The highest BCUT2D eigenvalue weighted by Crippen LogP contribution is 2.18. The summed E-state index contributed by atoms with van der Waals surface area (Å²) in [7, 11) is 0. The molecule has 162 valence electrons. The smallest absolute Gasteiger partial charge is 0.287 e. The minimum Gasteiger partial charge on any atom is -0.456 e. The van der Waals surface area contributed by atoms with Gasteiger partial charge < -0.3 is 15.1 Å². The van der Waals surface area contributed by atoms with E-state index in [0.717, 1.165) is 30.9 Å². The SMILES string of the molecule is Cc1ccc(C(=O)NC2CCN(Cc3nnc(C(=O)Nc4ccc(F)cc4)s3)CC2)o1. The molecule has 1 saturated heterocycles. The van der Waals surface area contributed by atoms with Crippen LogP contribution in [0.3, 0.4) is 0 Å². The fourth-order valence-corrected chi connectivity index (χ4v) is 4.14. The van der Waals surface area contributed by atoms with Crippen molar-refractivity contribution in [1.82, 2.24) is 20.4 Å². The normalized spacial score (nSPS) is 15.0. The topological polar surface area (TPSA) is 100 Å². The van der Waals surface area contributed by atoms with E-state index >= 15 is 0 Å². The van der Waals surface area contributed by atoms with Crippen LogP contribution in [-0.4, -0.2) is 46.0 Å². The molecule has 0 radical (unpaired) electrons. The zero-order valence-electron chi connectivity index (χ0n) is 16.9. The molecule has 1 aliphatic heterocycles. The van der Waals surface area contributed by atoms with Gasteiger partial charge in [0.15, 0.2) is 5.76 Å². The molecular weight excluding hydrogens is 421 g/mol. The quantitative estimate of drug-likeness (QED) is 0.607. The van der Waals surface area contributed by atoms with E-state index < -0.39 is 0 Å². The van der Waals surface area contributed by atoms with Gasteiger partial charge in [-0.2, -0.15) is 0 Å². The molecule has 3 aromatic rings. The molecular formula is C21H22FN5O3S. The molecule has 2 amide bonds. The summed E-state index contributed by atoms with van der Waals surface area (Å²) in [5.41, 5.74) is 0.497. The molecule has 31 heavy (non-hydrogen) atoms. The van der Waals surface area contributed by atoms with Crippen molar-refractivity contribution in [1.29, 1.82) is 0 Å². The summed E-state index contributed by atoms with van der Waals surface area (Å²) in [5.74, 6) is 0.121. The summed E-state index contributed by atoms with van der Waals surface area (Å²) in [6.07, 6.45) is 1.64. The van der Waals surface area contributed by atoms with Gasteiger partial charge in [0.05, 0.1) is 6.54 Å². The minimum absolute atomic E-state index is 0.0978. The van der Waals surface area contributed by atoms with Crippen LogP contribution in [0.25, 0.3) is 0 Å². The van der Waals surface area contributed by atoms with Crippen molar-refractivity contribution in [3.05, 3.63) is 63.8 Å². The summed E-state index contributed by atoms with van der Waals surface area (Å²) in [5, 5.41) is 14.8. The molecule has 0 spiro atoms. The van der Waals surface area contributed by atoms with Crippen LogP contribution in [0.15, 0.2) is 40.8 Å². The lowest BCUT2D eigenvalue weighted by Crippen LogP contribution is -2.44. The van der Waals surface area contributed by atoms with Crippen LogP contribution in [0.1, 0.15) is 44.0 Å². The number of hydrogen-bond donors (Lipinski definition) is 2. The number of nitrogens with one attached hydrogen (secondary N) is 2. The van der Waals surface area contributed by atoms with Crippen LogP contribution in [0.4, 0.5) is 10.1 Å². The van der Waals surface area contributed by atoms with Crippen molar-refractivity contribution in [2.75, 3.05) is 18.4 Å². The first kappa shape index (κ1) is 21.1. The molecule has 2 N–H and O–H groups in total. The van der Waals surface area contributed by atoms with Crippen LogP contribution in [0.5, 0.6) is 0 Å². The van der Waals surface area contributed by atoms with E-state index in [9.17, 15) is 14.0 Å². The van der Waals surface area contributed by atoms with Gasteiger partial charge in [0.25, 0.3) is 11.8 Å². The maximum atomic E-state index is 13.0. The number of furan rings is 1. The third-order valence-corrected chi connectivity index (χ3v) is 5.92. The van der Waals surface area contributed by atoms with Gasteiger partial charge in [-0.05, 0) is 56.2 Å². The summed E-state index contributed by atoms with van der Waals surface area (Å²) in [6.45, 7) is 4.01. The lowest BCUT2D eigenvalue weighted by atomic mass is 10.0. The Morgan fingerprint density at radius 3 is 2.55 bits per heavy atom. The van der Waals surface area contributed by atoms with Gasteiger partial charge >= 0.3 is 0 Å². The van der Waals surface area contributed by atoms with E-state index in [1.165, 1.54) is 35.6 Å². The number of rotatable bonds is 6. The van der Waals surface area contributed by atoms with E-state index in [4.69, 9.17) is 4.42 Å². The Hall–Kier alpha value is -3.11. The molecule has 0 aliphatic carbocycles. The Bertz CT molecular complexity index is 1060. The predicted octanol–water partition coefficient (Wildman–Crippen LogP) is 3.23. The molecule has 10 heteroatoms. The van der Waals surface area contributed by atoms with E-state index in [1.807, 2.05) is 0 Å². The molecule has 0 atom stereocenters. The Kier molecular flexibility index (Phi) is 6.38. The number of halogens is 1. The second-order valence-corrected chi connectivity index (χ2v) is 8.46. The molecule has 0 bridgehead atoms. The van der Waals surface area contributed by atoms with Crippen molar-refractivity contribution in [3.8, 4) is 0 Å². The van der Waals surface area contributed by atoms with Crippen molar-refractivity contribution in [3.63, 3.8) is 0 Å². The Morgan fingerprint density at radius 1 is 1.13 bits per heavy atom. The first-order valence-electron chi connectivity index (χ1n) is 9.95. The predicted molar refractivity (Wildman–Crippen MR) is 113 cm³/mol. The van der Waals surface area contributed by atoms with Gasteiger partial charge in [-0.15, -0.1) is 10.2 Å². The first-order chi connectivity index (χ1) is 15.0. The number of amides is 2. The fourth-order valence-electron chi connectivity index (χ4n) is 3.37. The van der Waals surface area contributed by atoms with Gasteiger partial charge in [0.1, 0.15) is 16.6 Å². The molecule has 1 aromatic carbocycles. The number of likely N-dealkylation sites (tertiary alicyclic amines) is 1. The van der Waals surface area contributed by atoms with Crippen molar-refractivity contribution >= 4 is 28.8 Å². The molecule has 4 rings (SSSR count). The molecule has 1 fully saturated rings. The van der Waals surface area contributed by atoms with Crippen LogP contribution >= 0.6 is 11.3 Å². The number of hydrogen-bond acceptors (Lipinski definition) is 7. The Morgan fingerprint density at radius 2 is 1.87 bits per heavy atom. The van der Waals surface area contributed by atoms with Gasteiger partial charge in [0, 0.05) is 24.8 Å². The highest BCUT2D eigenvalue weighted by atomic mass is 32.1. The van der Waals surface area contributed by atoms with Crippen molar-refractivity contribution in [2.24, 2.45) is 0 Å². The van der Waals surface area contributed by atoms with Crippen LogP contribution in [0.2, 0.25) is 0 Å². The second kappa shape index (κ2) is 9.36. The second-order valence-electron chi connectivity index (χ2n) is 7.40. The summed E-state index contributed by atoms with van der Waals surface area (Å²) in [6, 6.07) is 9.09. The molecule has 1 aliphatic rings. The third-order valence-electron chi connectivity index (χ3n) is 5.01. The van der Waals surface area contributed by atoms with E-state index in [-0.39, 0.29) is 28.7 Å². The highest BCUT2D eigenvalue weighted by Gasteiger charge is 2.23. The number of aromatic nitrogens is 2. The number of nitrogens with zero attached hydrogens (tertiary/aromatic N) is 3. The maximum Gasteiger partial charge on any atom is 0.287 e. The van der Waals surface area contributed by atoms with Gasteiger partial charge in [0.2, 0.25) is 5.01 Å². The molecule has 0 unspecified atom stereocenters. The van der Waals surface area contributed by atoms with Gasteiger partial charge in [-0.1, -0.05) is 11.3 Å². The van der Waals surface area contributed by atoms with E-state index in [0.29, 0.717) is 23.8 Å². The van der Waals surface area contributed by atoms with E-state index in [2.05, 4.69) is 25.7 Å². The first-order valence-corrected chi connectivity index (χ1v) is 10.8. The third kappa shape index (κ3) is 5.53. The van der Waals surface area contributed by atoms with Crippen molar-refractivity contribution in [2.45, 2.75) is 32.4 Å². The van der Waals surface area contributed by atoms with Gasteiger partial charge in [-0.3, -0.25) is 14.5 Å². The number of aryl methyl sites for hydroxylation is 1. The molecule has 3 heterocycles. The summed E-state index contributed by atoms with van der Waals surface area (Å²) < 4.78 is 18.3. The lowest BCUT2D eigenvalue weighted by Gasteiger charge is -2.31. The van der Waals surface area contributed by atoms with Crippen LogP contribution in [0, 0.1) is 12.7 Å². The van der Waals surface area contributed by atoms with Crippen molar-refractivity contribution < 1.29 is 18.4 Å². The lowest BCUT2D eigenvalue weighted by molar-refractivity contribution is 0.0879. The number of carbonyl (C=O) groups is 2. The van der Waals surface area contributed by atoms with E-state index in [1.54, 1.807) is 19.1 Å². The fraction of sp³-hybridized carbons (Fsp3) is 0.333. The molecule has 2 aromatic heterocycles. The zero-order chi connectivity index (χ0) is 21.8. The molecule has 0 saturated carbocycles. The largest absolute Gasteiger partial charge is 0.456 e. The standard InChI is InChI=1S/C21H22FN5O3S/c1-13-2-7-17(30-13)19(28)23-16-8-10-27(11-9-16)12-18-25-26-21(31-18)20(29)24-15-5-3-14(22)4-6-15/h2-7,16H,8-12H2,1H3,(H,23,28)(H,24,29). The van der Waals surface area contributed by atoms with Gasteiger partial charge in [-0.25, -0.2) is 4.39 Å². The Labute approximate surface area is 182 Å². The highest BCUT2D eigenvalue weighted by molar-refractivity contribution is 7.13. The number of anilines is 1. The minimum atomic E-state index is -0.370. The average Bonchev–Trinajstić information content (AvgIpc) is 3.40. The summed E-state index contributed by atoms with van der Waals surface area (Å²) >= 11 is 1.24. The number of benzene rings is 1. The number of piperidine rings is 1. The average molecular weight is 444 g/mol. The Balaban J connectivity index is 1.24. The zero-order valence-corrected chi connectivity index (χ0v) is 17.7. The number of carbonyl (C=O) groups excluding carboxylic acids is 2. The summed E-state index contributed by atoms with van der Waals surface area (Å²) in [4.78, 5) is 26.8. The van der Waals surface area contributed by atoms with Crippen LogP contribution < -0.4 is 10.6 Å². The monoisotopic (exact) mass is 443 g/mol. The maximum absolute atomic E-state index is 13.0. The van der Waals surface area contributed by atoms with Crippen LogP contribution in [-0.2, 0) is 6.54 Å².